The van der Waals surface area contributed by atoms with Crippen LogP contribution in [0.4, 0.5) is 10.7 Å². The first-order chi connectivity index (χ1) is 13.5. The van der Waals surface area contributed by atoms with E-state index in [1.165, 1.54) is 29.7 Å². The molecule has 1 heterocycles. The number of carbonyl (C=O) groups excluding carboxylic acids is 2. The van der Waals surface area contributed by atoms with Gasteiger partial charge in [0.15, 0.2) is 0 Å². The van der Waals surface area contributed by atoms with Crippen molar-refractivity contribution in [1.82, 2.24) is 4.98 Å². The zero-order valence-corrected chi connectivity index (χ0v) is 16.6. The van der Waals surface area contributed by atoms with Crippen molar-refractivity contribution in [3.8, 4) is 0 Å². The fraction of sp³-hybridized carbons (Fsp3) is 0.227. The van der Waals surface area contributed by atoms with Crippen molar-refractivity contribution < 1.29 is 9.59 Å². The molecule has 0 saturated heterocycles. The van der Waals surface area contributed by atoms with E-state index in [9.17, 15) is 9.59 Å². The second kappa shape index (κ2) is 7.56. The molecule has 1 aromatic heterocycles. The van der Waals surface area contributed by atoms with Crippen molar-refractivity contribution in [1.29, 1.82) is 0 Å². The minimum Gasteiger partial charge on any atom is -0.322 e. The standard InChI is InChI=1S/C22H21N3O2S/c1-13-6-9-18(11-19(13)22(27)25-20-12-23-14(2)28-20)24-21(26)17-5-3-4-16(10-17)15-7-8-15/h3-6,9-12,15H,7-8H2,1-2H3,(H,24,26)(H,25,27). The number of hydrogen-bond donors (Lipinski definition) is 2. The van der Waals surface area contributed by atoms with Crippen LogP contribution in [0.3, 0.4) is 0 Å². The Bertz CT molecular complexity index is 1050. The molecule has 2 N–H and O–H groups in total. The lowest BCUT2D eigenvalue weighted by Gasteiger charge is -2.11. The number of thiazole rings is 1. The van der Waals surface area contributed by atoms with Crippen molar-refractivity contribution in [2.24, 2.45) is 0 Å². The summed E-state index contributed by atoms with van der Waals surface area (Å²) in [7, 11) is 0. The Labute approximate surface area is 167 Å². The summed E-state index contributed by atoms with van der Waals surface area (Å²) in [6.45, 7) is 3.76. The van der Waals surface area contributed by atoms with Gasteiger partial charge < -0.3 is 10.6 Å². The number of carbonyl (C=O) groups is 2. The summed E-state index contributed by atoms with van der Waals surface area (Å²) in [5, 5.41) is 7.36. The fourth-order valence-corrected chi connectivity index (χ4v) is 3.77. The number of aromatic nitrogens is 1. The van der Waals surface area contributed by atoms with E-state index in [0.717, 1.165) is 10.6 Å². The largest absolute Gasteiger partial charge is 0.322 e. The molecule has 28 heavy (non-hydrogen) atoms. The first-order valence-corrected chi connectivity index (χ1v) is 10.1. The summed E-state index contributed by atoms with van der Waals surface area (Å²) in [6, 6.07) is 13.1. The smallest absolute Gasteiger partial charge is 0.256 e. The van der Waals surface area contributed by atoms with Crippen LogP contribution in [0.1, 0.15) is 55.6 Å². The predicted octanol–water partition coefficient (Wildman–Crippen LogP) is 5.14. The van der Waals surface area contributed by atoms with Gasteiger partial charge in [0.1, 0.15) is 5.00 Å². The van der Waals surface area contributed by atoms with Gasteiger partial charge in [0.25, 0.3) is 11.8 Å². The van der Waals surface area contributed by atoms with Crippen LogP contribution < -0.4 is 10.6 Å². The molecule has 4 rings (SSSR count). The zero-order valence-electron chi connectivity index (χ0n) is 15.8. The molecule has 2 amide bonds. The molecule has 0 bridgehead atoms. The van der Waals surface area contributed by atoms with Gasteiger partial charge in [-0.1, -0.05) is 18.2 Å². The Morgan fingerprint density at radius 2 is 1.86 bits per heavy atom. The monoisotopic (exact) mass is 391 g/mol. The topological polar surface area (TPSA) is 71.1 Å². The molecular formula is C22H21N3O2S. The van der Waals surface area contributed by atoms with Crippen LogP contribution in [-0.4, -0.2) is 16.8 Å². The summed E-state index contributed by atoms with van der Waals surface area (Å²) >= 11 is 1.42. The van der Waals surface area contributed by atoms with E-state index in [1.807, 2.05) is 44.2 Å². The molecule has 2 aromatic carbocycles. The molecule has 3 aromatic rings. The number of benzene rings is 2. The minimum atomic E-state index is -0.215. The Morgan fingerprint density at radius 1 is 1.04 bits per heavy atom. The lowest BCUT2D eigenvalue weighted by molar-refractivity contribution is 0.101. The summed E-state index contributed by atoms with van der Waals surface area (Å²) in [5.74, 6) is 0.210. The number of rotatable bonds is 5. The highest BCUT2D eigenvalue weighted by Gasteiger charge is 2.24. The third kappa shape index (κ3) is 4.12. The van der Waals surface area contributed by atoms with Gasteiger partial charge in [0, 0.05) is 16.8 Å². The fourth-order valence-electron chi connectivity index (χ4n) is 3.10. The minimum absolute atomic E-state index is 0.171. The lowest BCUT2D eigenvalue weighted by Crippen LogP contribution is -2.15. The average molecular weight is 391 g/mol. The van der Waals surface area contributed by atoms with Crippen LogP contribution in [-0.2, 0) is 0 Å². The second-order valence-corrected chi connectivity index (χ2v) is 8.32. The van der Waals surface area contributed by atoms with Gasteiger partial charge in [-0.2, -0.15) is 0 Å². The van der Waals surface area contributed by atoms with Crippen LogP contribution in [0, 0.1) is 13.8 Å². The maximum absolute atomic E-state index is 12.7. The first kappa shape index (κ1) is 18.4. The van der Waals surface area contributed by atoms with E-state index in [-0.39, 0.29) is 11.8 Å². The van der Waals surface area contributed by atoms with Gasteiger partial charge >= 0.3 is 0 Å². The number of hydrogen-bond acceptors (Lipinski definition) is 4. The Kier molecular flexibility index (Phi) is 4.96. The maximum Gasteiger partial charge on any atom is 0.256 e. The molecule has 0 atom stereocenters. The lowest BCUT2D eigenvalue weighted by atomic mass is 10.1. The quantitative estimate of drug-likeness (QED) is 0.632. The van der Waals surface area contributed by atoms with Crippen molar-refractivity contribution in [2.75, 3.05) is 10.6 Å². The van der Waals surface area contributed by atoms with Gasteiger partial charge in [0.2, 0.25) is 0 Å². The number of anilines is 2. The molecule has 1 aliphatic rings. The van der Waals surface area contributed by atoms with Gasteiger partial charge in [-0.05, 0) is 68.0 Å². The van der Waals surface area contributed by atoms with Gasteiger partial charge in [-0.3, -0.25) is 9.59 Å². The van der Waals surface area contributed by atoms with Crippen LogP contribution in [0.5, 0.6) is 0 Å². The van der Waals surface area contributed by atoms with Crippen molar-refractivity contribution in [2.45, 2.75) is 32.6 Å². The summed E-state index contributed by atoms with van der Waals surface area (Å²) in [4.78, 5) is 29.4. The number of amides is 2. The number of nitrogens with zero attached hydrogens (tertiary/aromatic N) is 1. The van der Waals surface area contributed by atoms with Crippen molar-refractivity contribution in [3.05, 3.63) is 75.9 Å². The van der Waals surface area contributed by atoms with Crippen molar-refractivity contribution >= 4 is 33.8 Å². The molecular weight excluding hydrogens is 370 g/mol. The molecule has 0 radical (unpaired) electrons. The van der Waals surface area contributed by atoms with Crippen LogP contribution in [0.15, 0.2) is 48.7 Å². The van der Waals surface area contributed by atoms with Crippen LogP contribution >= 0.6 is 11.3 Å². The molecule has 5 nitrogen and oxygen atoms in total. The third-order valence-corrected chi connectivity index (χ3v) is 5.62. The van der Waals surface area contributed by atoms with Crippen LogP contribution in [0.2, 0.25) is 0 Å². The van der Waals surface area contributed by atoms with E-state index >= 15 is 0 Å². The highest BCUT2D eigenvalue weighted by Crippen LogP contribution is 2.40. The SMILES string of the molecule is Cc1ncc(NC(=O)c2cc(NC(=O)c3cccc(C4CC4)c3)ccc2C)s1. The highest BCUT2D eigenvalue weighted by molar-refractivity contribution is 7.15. The molecule has 1 fully saturated rings. The Hall–Kier alpha value is -2.99. The summed E-state index contributed by atoms with van der Waals surface area (Å²) in [6.07, 6.45) is 4.04. The number of nitrogens with one attached hydrogen (secondary N) is 2. The molecule has 142 valence electrons. The predicted molar refractivity (Wildman–Crippen MR) is 112 cm³/mol. The van der Waals surface area contributed by atoms with Gasteiger partial charge in [-0.15, -0.1) is 11.3 Å². The Morgan fingerprint density at radius 3 is 2.57 bits per heavy atom. The van der Waals surface area contributed by atoms with E-state index in [1.54, 1.807) is 12.3 Å². The van der Waals surface area contributed by atoms with E-state index in [2.05, 4.69) is 21.7 Å². The van der Waals surface area contributed by atoms with E-state index in [0.29, 0.717) is 27.7 Å². The number of aryl methyl sites for hydroxylation is 2. The normalized spacial score (nSPS) is 13.2. The van der Waals surface area contributed by atoms with Gasteiger partial charge in [-0.25, -0.2) is 4.98 Å². The molecule has 1 aliphatic carbocycles. The zero-order chi connectivity index (χ0) is 19.7. The molecule has 6 heteroatoms. The van der Waals surface area contributed by atoms with Crippen molar-refractivity contribution in [3.63, 3.8) is 0 Å². The van der Waals surface area contributed by atoms with E-state index in [4.69, 9.17) is 0 Å². The van der Waals surface area contributed by atoms with Gasteiger partial charge in [0.05, 0.1) is 11.2 Å². The Balaban J connectivity index is 1.50. The third-order valence-electron chi connectivity index (χ3n) is 4.80. The molecule has 0 aliphatic heterocycles. The molecule has 0 unspecified atom stereocenters. The highest BCUT2D eigenvalue weighted by atomic mass is 32.1. The summed E-state index contributed by atoms with van der Waals surface area (Å²) in [5.41, 5.74) is 3.81. The van der Waals surface area contributed by atoms with Crippen LogP contribution in [0.25, 0.3) is 0 Å². The maximum atomic E-state index is 12.7. The second-order valence-electron chi connectivity index (χ2n) is 7.08. The first-order valence-electron chi connectivity index (χ1n) is 9.25. The molecule has 1 saturated carbocycles. The van der Waals surface area contributed by atoms with E-state index < -0.39 is 0 Å². The average Bonchev–Trinajstić information content (AvgIpc) is 3.46. The summed E-state index contributed by atoms with van der Waals surface area (Å²) < 4.78 is 0. The molecule has 0 spiro atoms.